The molecule has 0 N–H and O–H groups in total. The fourth-order valence-corrected chi connectivity index (χ4v) is 2.82. The largest absolute Gasteiger partial charge is 0.373 e. The van der Waals surface area contributed by atoms with Gasteiger partial charge in [0.05, 0.1) is 24.3 Å². The molecule has 0 aromatic heterocycles. The minimum absolute atomic E-state index is 0.0158. The molecule has 3 nitrogen and oxygen atoms in total. The van der Waals surface area contributed by atoms with Crippen LogP contribution in [0.2, 0.25) is 0 Å². The molecule has 2 unspecified atom stereocenters. The number of nitrogens with zero attached hydrogens (tertiary/aromatic N) is 1. The molecule has 0 radical (unpaired) electrons. The summed E-state index contributed by atoms with van der Waals surface area (Å²) in [4.78, 5) is 14.2. The summed E-state index contributed by atoms with van der Waals surface area (Å²) in [6.07, 6.45) is -0.0208. The van der Waals surface area contributed by atoms with E-state index in [1.54, 1.807) is 11.0 Å². The first-order valence-electron chi connectivity index (χ1n) is 5.96. The van der Waals surface area contributed by atoms with Crippen molar-refractivity contribution in [3.05, 3.63) is 34.1 Å². The average Bonchev–Trinajstić information content (AvgIpc) is 2.41. The van der Waals surface area contributed by atoms with Crippen LogP contribution in [-0.2, 0) is 4.74 Å². The van der Waals surface area contributed by atoms with Gasteiger partial charge in [-0.25, -0.2) is 4.39 Å². The molecule has 1 amide bonds. The van der Waals surface area contributed by atoms with Crippen molar-refractivity contribution in [2.24, 2.45) is 0 Å². The Balaban J connectivity index is 2.24. The summed E-state index contributed by atoms with van der Waals surface area (Å²) in [6, 6.07) is 4.12. The second kappa shape index (κ2) is 6.33. The number of morpholine rings is 1. The average molecular weight is 395 g/mol. The summed E-state index contributed by atoms with van der Waals surface area (Å²) < 4.78 is 19.5. The van der Waals surface area contributed by atoms with Crippen molar-refractivity contribution in [2.45, 2.75) is 19.1 Å². The zero-order valence-corrected chi connectivity index (χ0v) is 13.6. The van der Waals surface area contributed by atoms with Crippen molar-refractivity contribution < 1.29 is 13.9 Å². The topological polar surface area (TPSA) is 29.5 Å². The maximum Gasteiger partial charge on any atom is 0.255 e. The van der Waals surface area contributed by atoms with E-state index in [1.165, 1.54) is 12.1 Å². The number of halogens is 3. The lowest BCUT2D eigenvalue weighted by Gasteiger charge is -2.37. The van der Waals surface area contributed by atoms with Gasteiger partial charge in [-0.05, 0) is 41.1 Å². The zero-order valence-electron chi connectivity index (χ0n) is 10.4. The van der Waals surface area contributed by atoms with Gasteiger partial charge in [-0.2, -0.15) is 0 Å². The summed E-state index contributed by atoms with van der Waals surface area (Å²) in [7, 11) is 0. The van der Waals surface area contributed by atoms with Crippen LogP contribution < -0.4 is 0 Å². The van der Waals surface area contributed by atoms with Crippen molar-refractivity contribution in [1.29, 1.82) is 0 Å². The Morgan fingerprint density at radius 1 is 1.58 bits per heavy atom. The summed E-state index contributed by atoms with van der Waals surface area (Å²) >= 11 is 6.65. The number of alkyl halides is 1. The molecule has 19 heavy (non-hydrogen) atoms. The van der Waals surface area contributed by atoms with Gasteiger partial charge < -0.3 is 9.64 Å². The van der Waals surface area contributed by atoms with E-state index < -0.39 is 5.82 Å². The van der Waals surface area contributed by atoms with Gasteiger partial charge >= 0.3 is 0 Å². The van der Waals surface area contributed by atoms with Crippen molar-refractivity contribution in [2.75, 3.05) is 18.5 Å². The Kier molecular flexibility index (Phi) is 4.97. The van der Waals surface area contributed by atoms with E-state index in [-0.39, 0.29) is 18.1 Å². The van der Waals surface area contributed by atoms with E-state index in [2.05, 4.69) is 31.9 Å². The number of carbonyl (C=O) groups is 1. The fraction of sp³-hybridized carbons (Fsp3) is 0.462. The van der Waals surface area contributed by atoms with Crippen molar-refractivity contribution in [3.63, 3.8) is 0 Å². The van der Waals surface area contributed by atoms with Crippen LogP contribution in [0.3, 0.4) is 0 Å². The number of benzene rings is 1. The van der Waals surface area contributed by atoms with Crippen LogP contribution in [0.5, 0.6) is 0 Å². The van der Waals surface area contributed by atoms with Gasteiger partial charge in [-0.3, -0.25) is 4.79 Å². The molecule has 1 aliphatic rings. The number of amides is 1. The number of hydrogen-bond donors (Lipinski definition) is 0. The molecule has 1 aromatic rings. The van der Waals surface area contributed by atoms with Gasteiger partial charge in [0.25, 0.3) is 5.91 Å². The van der Waals surface area contributed by atoms with E-state index >= 15 is 0 Å². The third-order valence-corrected chi connectivity index (χ3v) is 4.51. The first-order chi connectivity index (χ1) is 9.02. The third-order valence-electron chi connectivity index (χ3n) is 3.10. The predicted molar refractivity (Wildman–Crippen MR) is 78.1 cm³/mol. The summed E-state index contributed by atoms with van der Waals surface area (Å²) in [5.74, 6) is -0.586. The van der Waals surface area contributed by atoms with Crippen LogP contribution in [0.4, 0.5) is 4.39 Å². The van der Waals surface area contributed by atoms with E-state index in [0.717, 1.165) is 0 Å². The SMILES string of the molecule is CC1COC(CBr)CN1C(=O)c1cc(F)ccc1Br. The summed E-state index contributed by atoms with van der Waals surface area (Å²) in [5.41, 5.74) is 0.349. The van der Waals surface area contributed by atoms with Gasteiger partial charge in [-0.1, -0.05) is 15.9 Å². The second-order valence-corrected chi connectivity index (χ2v) is 6.04. The normalized spacial score (nSPS) is 23.5. The first kappa shape index (κ1) is 14.9. The molecule has 1 aliphatic heterocycles. The number of carbonyl (C=O) groups excluding carboxylic acids is 1. The maximum atomic E-state index is 13.3. The van der Waals surface area contributed by atoms with Gasteiger partial charge in [0.15, 0.2) is 0 Å². The third kappa shape index (κ3) is 3.35. The van der Waals surface area contributed by atoms with E-state index in [1.807, 2.05) is 6.92 Å². The molecule has 1 heterocycles. The van der Waals surface area contributed by atoms with Crippen LogP contribution in [0.1, 0.15) is 17.3 Å². The fourth-order valence-electron chi connectivity index (χ4n) is 2.01. The molecule has 1 aromatic carbocycles. The van der Waals surface area contributed by atoms with Crippen molar-refractivity contribution in [1.82, 2.24) is 4.90 Å². The Bertz CT molecular complexity index is 484. The number of rotatable bonds is 2. The molecular weight excluding hydrogens is 381 g/mol. The molecule has 2 atom stereocenters. The standard InChI is InChI=1S/C13H14Br2FNO2/c1-8-7-19-10(5-14)6-17(8)13(18)11-4-9(16)2-3-12(11)15/h2-4,8,10H,5-7H2,1H3. The Morgan fingerprint density at radius 2 is 2.32 bits per heavy atom. The maximum absolute atomic E-state index is 13.3. The Morgan fingerprint density at radius 3 is 3.00 bits per heavy atom. The molecule has 0 spiro atoms. The van der Waals surface area contributed by atoms with Crippen molar-refractivity contribution >= 4 is 37.8 Å². The molecular formula is C13H14Br2FNO2. The molecule has 0 aliphatic carbocycles. The van der Waals surface area contributed by atoms with E-state index in [9.17, 15) is 9.18 Å². The summed E-state index contributed by atoms with van der Waals surface area (Å²) in [6.45, 7) is 2.93. The Hall–Kier alpha value is -0.460. The van der Waals surface area contributed by atoms with Crippen LogP contribution >= 0.6 is 31.9 Å². The Labute approximate surface area is 128 Å². The van der Waals surface area contributed by atoms with Crippen LogP contribution in [0, 0.1) is 5.82 Å². The highest BCUT2D eigenvalue weighted by Gasteiger charge is 2.30. The van der Waals surface area contributed by atoms with Crippen LogP contribution in [-0.4, -0.2) is 41.4 Å². The first-order valence-corrected chi connectivity index (χ1v) is 7.88. The lowest BCUT2D eigenvalue weighted by atomic mass is 10.1. The molecule has 6 heteroatoms. The molecule has 0 bridgehead atoms. The smallest absolute Gasteiger partial charge is 0.255 e. The predicted octanol–water partition coefficient (Wildman–Crippen LogP) is 3.21. The van der Waals surface area contributed by atoms with Crippen LogP contribution in [0.15, 0.2) is 22.7 Å². The van der Waals surface area contributed by atoms with Crippen LogP contribution in [0.25, 0.3) is 0 Å². The molecule has 104 valence electrons. The molecule has 0 saturated carbocycles. The number of ether oxygens (including phenoxy) is 1. The van der Waals surface area contributed by atoms with E-state index in [0.29, 0.717) is 28.5 Å². The zero-order chi connectivity index (χ0) is 14.0. The summed E-state index contributed by atoms with van der Waals surface area (Å²) in [5, 5.41) is 0.674. The molecule has 1 fully saturated rings. The van der Waals surface area contributed by atoms with Gasteiger partial charge in [0.2, 0.25) is 0 Å². The van der Waals surface area contributed by atoms with Crippen molar-refractivity contribution in [3.8, 4) is 0 Å². The van der Waals surface area contributed by atoms with Gasteiger partial charge in [0, 0.05) is 16.3 Å². The molecule has 1 saturated heterocycles. The monoisotopic (exact) mass is 393 g/mol. The lowest BCUT2D eigenvalue weighted by Crippen LogP contribution is -2.51. The highest BCUT2D eigenvalue weighted by molar-refractivity contribution is 9.10. The quantitative estimate of drug-likeness (QED) is 0.721. The minimum atomic E-state index is -0.412. The van der Waals surface area contributed by atoms with Gasteiger partial charge in [-0.15, -0.1) is 0 Å². The highest BCUT2D eigenvalue weighted by Crippen LogP contribution is 2.23. The minimum Gasteiger partial charge on any atom is -0.373 e. The lowest BCUT2D eigenvalue weighted by molar-refractivity contribution is -0.0362. The highest BCUT2D eigenvalue weighted by atomic mass is 79.9. The second-order valence-electron chi connectivity index (χ2n) is 4.54. The number of hydrogen-bond acceptors (Lipinski definition) is 2. The van der Waals surface area contributed by atoms with Gasteiger partial charge in [0.1, 0.15) is 5.82 Å². The molecule has 2 rings (SSSR count). The van der Waals surface area contributed by atoms with E-state index in [4.69, 9.17) is 4.74 Å².